The summed E-state index contributed by atoms with van der Waals surface area (Å²) in [5, 5.41) is 6.78. The molecule has 43 heavy (non-hydrogen) atoms. The van der Waals surface area contributed by atoms with Crippen LogP contribution in [0, 0.1) is 24.4 Å². The third-order valence-electron chi connectivity index (χ3n) is 7.21. The summed E-state index contributed by atoms with van der Waals surface area (Å²) in [7, 11) is -2.63. The molecule has 1 aliphatic rings. The van der Waals surface area contributed by atoms with Crippen LogP contribution in [0.25, 0.3) is 11.0 Å². The Hall–Kier alpha value is -5.05. The van der Waals surface area contributed by atoms with Crippen molar-refractivity contribution in [2.24, 2.45) is 7.05 Å². The van der Waals surface area contributed by atoms with E-state index in [2.05, 4.69) is 30.1 Å². The number of hydrogen-bond acceptors (Lipinski definition) is 8. The van der Waals surface area contributed by atoms with Crippen molar-refractivity contribution in [3.63, 3.8) is 0 Å². The summed E-state index contributed by atoms with van der Waals surface area (Å²) in [5.74, 6) is -3.57. The molecule has 1 amide bonds. The normalized spacial score (nSPS) is 13.2. The van der Waals surface area contributed by atoms with Gasteiger partial charge in [0.2, 0.25) is 0 Å². The number of carbonyl (C=O) groups is 1. The van der Waals surface area contributed by atoms with Crippen LogP contribution in [0.3, 0.4) is 0 Å². The largest absolute Gasteiger partial charge is 0.333 e. The smallest absolute Gasteiger partial charge is 0.272 e. The van der Waals surface area contributed by atoms with E-state index in [4.69, 9.17) is 0 Å². The quantitative estimate of drug-likeness (QED) is 0.293. The summed E-state index contributed by atoms with van der Waals surface area (Å²) < 4.78 is 74.1. The van der Waals surface area contributed by atoms with E-state index < -0.39 is 43.7 Å². The molecule has 5 aromatic rings. The molecule has 15 heteroatoms. The highest BCUT2D eigenvalue weighted by Crippen LogP contribution is 2.32. The summed E-state index contributed by atoms with van der Waals surface area (Å²) in [6.45, 7) is 2.07. The van der Waals surface area contributed by atoms with Crippen molar-refractivity contribution in [3.8, 4) is 0 Å². The Labute approximate surface area is 243 Å². The fourth-order valence-corrected chi connectivity index (χ4v) is 6.18. The minimum Gasteiger partial charge on any atom is -0.333 e. The van der Waals surface area contributed by atoms with Crippen LogP contribution < -0.4 is 10.0 Å². The topological polar surface area (TPSA) is 135 Å². The molecule has 1 aliphatic heterocycles. The van der Waals surface area contributed by atoms with E-state index in [-0.39, 0.29) is 28.5 Å². The Kier molecular flexibility index (Phi) is 6.96. The molecule has 2 N–H and O–H groups in total. The van der Waals surface area contributed by atoms with Crippen LogP contribution in [0.4, 0.5) is 30.4 Å². The highest BCUT2D eigenvalue weighted by Gasteiger charge is 2.26. The van der Waals surface area contributed by atoms with Gasteiger partial charge in [0.1, 0.15) is 34.9 Å². The van der Waals surface area contributed by atoms with Gasteiger partial charge in [0.25, 0.3) is 15.9 Å². The molecule has 3 aromatic heterocycles. The first-order valence-corrected chi connectivity index (χ1v) is 14.5. The lowest BCUT2D eigenvalue weighted by molar-refractivity contribution is 0.0725. The predicted octanol–water partition coefficient (Wildman–Crippen LogP) is 4.23. The third kappa shape index (κ3) is 5.11. The second-order valence-electron chi connectivity index (χ2n) is 9.88. The second kappa shape index (κ2) is 10.7. The van der Waals surface area contributed by atoms with Crippen LogP contribution >= 0.6 is 0 Å². The zero-order chi connectivity index (χ0) is 30.5. The van der Waals surface area contributed by atoms with E-state index in [1.54, 1.807) is 28.9 Å². The number of aryl methyl sites for hydroxylation is 1. The van der Waals surface area contributed by atoms with E-state index in [1.807, 2.05) is 0 Å². The Balaban J connectivity index is 1.32. The lowest BCUT2D eigenvalue weighted by atomic mass is 10.1. The average Bonchev–Trinajstić information content (AvgIpc) is 3.37. The van der Waals surface area contributed by atoms with Crippen molar-refractivity contribution in [2.75, 3.05) is 16.6 Å². The van der Waals surface area contributed by atoms with Gasteiger partial charge in [0, 0.05) is 19.2 Å². The molecule has 0 radical (unpaired) electrons. The van der Waals surface area contributed by atoms with Crippen LogP contribution in [0.1, 0.15) is 27.3 Å². The van der Waals surface area contributed by atoms with E-state index in [9.17, 15) is 22.0 Å². The molecule has 0 unspecified atom stereocenters. The first kappa shape index (κ1) is 28.1. The maximum absolute atomic E-state index is 15.6. The minimum absolute atomic E-state index is 0.0618. The second-order valence-corrected chi connectivity index (χ2v) is 11.5. The van der Waals surface area contributed by atoms with Crippen LogP contribution in [-0.2, 0) is 30.0 Å². The summed E-state index contributed by atoms with van der Waals surface area (Å²) >= 11 is 0. The Bertz CT molecular complexity index is 2030. The molecule has 6 rings (SSSR count). The molecule has 11 nitrogen and oxygen atoms in total. The van der Waals surface area contributed by atoms with Crippen molar-refractivity contribution in [2.45, 2.75) is 24.8 Å². The fraction of sp³-hybridized carbons (Fsp3) is 0.179. The van der Waals surface area contributed by atoms with Crippen molar-refractivity contribution >= 4 is 44.2 Å². The Morgan fingerprint density at radius 3 is 2.65 bits per heavy atom. The Morgan fingerprint density at radius 2 is 1.84 bits per heavy atom. The molecule has 0 saturated carbocycles. The number of pyridine rings is 1. The van der Waals surface area contributed by atoms with Gasteiger partial charge in [-0.05, 0) is 55.3 Å². The molecule has 2 aromatic carbocycles. The minimum atomic E-state index is -4.44. The number of carbonyl (C=O) groups excluding carboxylic acids is 1. The molecule has 0 saturated heterocycles. The fourth-order valence-electron chi connectivity index (χ4n) is 4.87. The summed E-state index contributed by atoms with van der Waals surface area (Å²) in [6.07, 6.45) is 3.56. The van der Waals surface area contributed by atoms with Gasteiger partial charge in [-0.2, -0.15) is 5.10 Å². The van der Waals surface area contributed by atoms with E-state index in [1.165, 1.54) is 25.1 Å². The maximum Gasteiger partial charge on any atom is 0.272 e. The number of rotatable bonds is 6. The molecule has 0 atom stereocenters. The third-order valence-corrected chi connectivity index (χ3v) is 8.72. The lowest BCUT2D eigenvalue weighted by Gasteiger charge is -2.27. The SMILES string of the molecule is Cc1c(F)cccc1S(=O)(=O)Nc1ccc(F)c(Nc2ncnc3ccc(C(=O)N4CCc5cnn(C)c5C4)nc23)c1F. The van der Waals surface area contributed by atoms with E-state index in [0.29, 0.717) is 25.0 Å². The Morgan fingerprint density at radius 1 is 1.02 bits per heavy atom. The summed E-state index contributed by atoms with van der Waals surface area (Å²) in [4.78, 5) is 27.2. The van der Waals surface area contributed by atoms with Crippen LogP contribution in [0.15, 0.2) is 59.9 Å². The molecule has 4 heterocycles. The number of hydrogen-bond donors (Lipinski definition) is 2. The summed E-state index contributed by atoms with van der Waals surface area (Å²) in [6, 6.07) is 8.28. The standard InChI is InChI=1S/C28H23F3N8O3S/c1-15-17(29)4-3-5-23(15)43(41,42)37-19-7-6-18(30)25(24(19)31)36-27-26-20(32-14-33-27)8-9-21(35-26)28(40)39-11-10-16-12-34-38(2)22(16)13-39/h3-9,12,14,37H,10-11,13H2,1-2H3,(H,32,33,36). The van der Waals surface area contributed by atoms with Crippen LogP contribution in [0.5, 0.6) is 0 Å². The highest BCUT2D eigenvalue weighted by atomic mass is 32.2. The van der Waals surface area contributed by atoms with Crippen LogP contribution in [0.2, 0.25) is 0 Å². The zero-order valence-electron chi connectivity index (χ0n) is 22.8. The van der Waals surface area contributed by atoms with Crippen molar-refractivity contribution in [3.05, 3.63) is 95.0 Å². The number of halogens is 3. The monoisotopic (exact) mass is 608 g/mol. The molecule has 220 valence electrons. The number of fused-ring (bicyclic) bond motifs is 2. The van der Waals surface area contributed by atoms with E-state index >= 15 is 4.39 Å². The highest BCUT2D eigenvalue weighted by molar-refractivity contribution is 7.92. The van der Waals surface area contributed by atoms with Gasteiger partial charge in [0.15, 0.2) is 11.6 Å². The van der Waals surface area contributed by atoms with Gasteiger partial charge < -0.3 is 10.2 Å². The van der Waals surface area contributed by atoms with E-state index in [0.717, 1.165) is 35.8 Å². The van der Waals surface area contributed by atoms with Crippen molar-refractivity contribution in [1.82, 2.24) is 29.6 Å². The average molecular weight is 609 g/mol. The van der Waals surface area contributed by atoms with Crippen molar-refractivity contribution < 1.29 is 26.4 Å². The molecular formula is C28H23F3N8O3S. The number of aromatic nitrogens is 5. The molecule has 0 fully saturated rings. The van der Waals surface area contributed by atoms with Crippen LogP contribution in [-0.4, -0.2) is 50.5 Å². The predicted molar refractivity (Wildman–Crippen MR) is 151 cm³/mol. The molecule has 0 bridgehead atoms. The van der Waals surface area contributed by atoms with Gasteiger partial charge in [-0.15, -0.1) is 0 Å². The number of anilines is 3. The number of benzene rings is 2. The number of nitrogens with zero attached hydrogens (tertiary/aromatic N) is 6. The molecule has 0 aliphatic carbocycles. The number of sulfonamides is 1. The lowest BCUT2D eigenvalue weighted by Crippen LogP contribution is -2.37. The van der Waals surface area contributed by atoms with Gasteiger partial charge >= 0.3 is 0 Å². The van der Waals surface area contributed by atoms with Gasteiger partial charge in [0.05, 0.1) is 34.5 Å². The van der Waals surface area contributed by atoms with Gasteiger partial charge in [-0.25, -0.2) is 36.5 Å². The van der Waals surface area contributed by atoms with Gasteiger partial charge in [-0.1, -0.05) is 6.07 Å². The van der Waals surface area contributed by atoms with Crippen molar-refractivity contribution in [1.29, 1.82) is 0 Å². The summed E-state index contributed by atoms with van der Waals surface area (Å²) in [5.41, 5.74) is 0.933. The first-order valence-electron chi connectivity index (χ1n) is 13.0. The number of amides is 1. The maximum atomic E-state index is 15.6. The van der Waals surface area contributed by atoms with Gasteiger partial charge in [-0.3, -0.25) is 14.2 Å². The first-order chi connectivity index (χ1) is 20.5. The molecule has 0 spiro atoms. The number of nitrogens with one attached hydrogen (secondary N) is 2. The zero-order valence-corrected chi connectivity index (χ0v) is 23.6. The molecular weight excluding hydrogens is 585 g/mol.